The molecule has 100 valence electrons. The van der Waals surface area contributed by atoms with Crippen LogP contribution in [0, 0.1) is 5.92 Å². The SMILES string of the molecule is O=C(O)[C@@H]1CCN(C(=O)c2ccc3c(c2)OCO3)C1. The van der Waals surface area contributed by atoms with Gasteiger partial charge in [0.2, 0.25) is 6.79 Å². The summed E-state index contributed by atoms with van der Waals surface area (Å²) >= 11 is 0. The van der Waals surface area contributed by atoms with Crippen LogP contribution in [0.3, 0.4) is 0 Å². The summed E-state index contributed by atoms with van der Waals surface area (Å²) in [7, 11) is 0. The number of likely N-dealkylation sites (tertiary alicyclic amines) is 1. The van der Waals surface area contributed by atoms with Gasteiger partial charge >= 0.3 is 5.97 Å². The lowest BCUT2D eigenvalue weighted by atomic mass is 10.1. The van der Waals surface area contributed by atoms with Gasteiger partial charge in [-0.2, -0.15) is 0 Å². The summed E-state index contributed by atoms with van der Waals surface area (Å²) in [6.07, 6.45) is 0.506. The molecule has 1 N–H and O–H groups in total. The second kappa shape index (κ2) is 4.46. The van der Waals surface area contributed by atoms with Crippen molar-refractivity contribution in [3.05, 3.63) is 23.8 Å². The number of hydrogen-bond donors (Lipinski definition) is 1. The first-order valence-corrected chi connectivity index (χ1v) is 6.07. The van der Waals surface area contributed by atoms with E-state index in [1.807, 2.05) is 0 Å². The van der Waals surface area contributed by atoms with Gasteiger partial charge in [0, 0.05) is 18.7 Å². The van der Waals surface area contributed by atoms with Crippen LogP contribution in [0.4, 0.5) is 0 Å². The third-order valence-corrected chi connectivity index (χ3v) is 3.44. The number of carbonyl (C=O) groups is 2. The number of carbonyl (C=O) groups excluding carboxylic acids is 1. The number of rotatable bonds is 2. The average molecular weight is 263 g/mol. The van der Waals surface area contributed by atoms with E-state index in [-0.39, 0.29) is 19.2 Å². The van der Waals surface area contributed by atoms with Crippen LogP contribution in [0.15, 0.2) is 18.2 Å². The third kappa shape index (κ3) is 2.09. The molecule has 0 saturated carbocycles. The summed E-state index contributed by atoms with van der Waals surface area (Å²) in [5, 5.41) is 8.94. The predicted molar refractivity (Wildman–Crippen MR) is 64.2 cm³/mol. The van der Waals surface area contributed by atoms with Crippen LogP contribution in [0.5, 0.6) is 11.5 Å². The molecule has 2 heterocycles. The molecule has 1 atom stereocenters. The maximum Gasteiger partial charge on any atom is 0.308 e. The van der Waals surface area contributed by atoms with E-state index >= 15 is 0 Å². The summed E-state index contributed by atoms with van der Waals surface area (Å²) in [6, 6.07) is 5.00. The number of ether oxygens (including phenoxy) is 2. The molecule has 3 rings (SSSR count). The largest absolute Gasteiger partial charge is 0.481 e. The Balaban J connectivity index is 1.76. The molecule has 1 amide bonds. The summed E-state index contributed by atoms with van der Waals surface area (Å²) in [5.41, 5.74) is 0.496. The van der Waals surface area contributed by atoms with Crippen molar-refractivity contribution >= 4 is 11.9 Å². The van der Waals surface area contributed by atoms with Crippen molar-refractivity contribution in [1.82, 2.24) is 4.90 Å². The van der Waals surface area contributed by atoms with Gasteiger partial charge in [0.1, 0.15) is 0 Å². The van der Waals surface area contributed by atoms with Crippen LogP contribution in [-0.4, -0.2) is 41.8 Å². The molecule has 0 bridgehead atoms. The zero-order valence-electron chi connectivity index (χ0n) is 10.2. The van der Waals surface area contributed by atoms with E-state index in [0.717, 1.165) is 0 Å². The van der Waals surface area contributed by atoms with E-state index < -0.39 is 11.9 Å². The Bertz CT molecular complexity index is 542. The first kappa shape index (κ1) is 11.8. The summed E-state index contributed by atoms with van der Waals surface area (Å²) in [4.78, 5) is 24.7. The highest BCUT2D eigenvalue weighted by atomic mass is 16.7. The minimum atomic E-state index is -0.846. The summed E-state index contributed by atoms with van der Waals surface area (Å²) in [6.45, 7) is 0.907. The lowest BCUT2D eigenvalue weighted by Crippen LogP contribution is -2.29. The number of aliphatic carboxylic acids is 1. The molecule has 6 nitrogen and oxygen atoms in total. The molecule has 1 fully saturated rings. The molecule has 1 aromatic carbocycles. The van der Waals surface area contributed by atoms with Gasteiger partial charge < -0.3 is 19.5 Å². The Labute approximate surface area is 109 Å². The van der Waals surface area contributed by atoms with Gasteiger partial charge in [-0.05, 0) is 24.6 Å². The molecule has 0 spiro atoms. The quantitative estimate of drug-likeness (QED) is 0.860. The highest BCUT2D eigenvalue weighted by Gasteiger charge is 2.31. The molecular formula is C13H13NO5. The molecule has 19 heavy (non-hydrogen) atoms. The number of nitrogens with zero attached hydrogens (tertiary/aromatic N) is 1. The average Bonchev–Trinajstić information content (AvgIpc) is 3.06. The Morgan fingerprint density at radius 1 is 1.26 bits per heavy atom. The van der Waals surface area contributed by atoms with E-state index in [0.29, 0.717) is 30.0 Å². The standard InChI is InChI=1S/C13H13NO5/c15-12(14-4-3-9(6-14)13(16)17)8-1-2-10-11(5-8)19-7-18-10/h1-2,5,9H,3-4,6-7H2,(H,16,17)/t9-/m1/s1. The van der Waals surface area contributed by atoms with Crippen LogP contribution >= 0.6 is 0 Å². The second-order valence-corrected chi connectivity index (χ2v) is 4.64. The van der Waals surface area contributed by atoms with Crippen molar-refractivity contribution in [2.75, 3.05) is 19.9 Å². The third-order valence-electron chi connectivity index (χ3n) is 3.44. The lowest BCUT2D eigenvalue weighted by Gasteiger charge is -2.15. The van der Waals surface area contributed by atoms with Crippen molar-refractivity contribution < 1.29 is 24.2 Å². The molecule has 1 aromatic rings. The van der Waals surface area contributed by atoms with E-state index in [1.54, 1.807) is 23.1 Å². The van der Waals surface area contributed by atoms with Crippen LogP contribution in [0.2, 0.25) is 0 Å². The van der Waals surface area contributed by atoms with Crippen LogP contribution in [-0.2, 0) is 4.79 Å². The van der Waals surface area contributed by atoms with Gasteiger partial charge in [-0.3, -0.25) is 9.59 Å². The molecule has 0 radical (unpaired) electrons. The number of carboxylic acids is 1. The highest BCUT2D eigenvalue weighted by Crippen LogP contribution is 2.33. The Morgan fingerprint density at radius 2 is 2.05 bits per heavy atom. The Hall–Kier alpha value is -2.24. The topological polar surface area (TPSA) is 76.1 Å². The van der Waals surface area contributed by atoms with E-state index in [2.05, 4.69) is 0 Å². The maximum absolute atomic E-state index is 12.3. The monoisotopic (exact) mass is 263 g/mol. The maximum atomic E-state index is 12.3. The van der Waals surface area contributed by atoms with Crippen LogP contribution in [0.1, 0.15) is 16.8 Å². The fourth-order valence-corrected chi connectivity index (χ4v) is 2.36. The molecule has 2 aliphatic heterocycles. The van der Waals surface area contributed by atoms with Crippen molar-refractivity contribution in [3.63, 3.8) is 0 Å². The first-order chi connectivity index (χ1) is 9.15. The first-order valence-electron chi connectivity index (χ1n) is 6.07. The van der Waals surface area contributed by atoms with Crippen LogP contribution in [0.25, 0.3) is 0 Å². The zero-order chi connectivity index (χ0) is 13.4. The molecule has 0 aromatic heterocycles. The van der Waals surface area contributed by atoms with Gasteiger partial charge in [-0.15, -0.1) is 0 Å². The second-order valence-electron chi connectivity index (χ2n) is 4.64. The van der Waals surface area contributed by atoms with Gasteiger partial charge in [0.25, 0.3) is 5.91 Å². The predicted octanol–water partition coefficient (Wildman–Crippen LogP) is 0.962. The number of benzene rings is 1. The minimum Gasteiger partial charge on any atom is -0.481 e. The van der Waals surface area contributed by atoms with Gasteiger partial charge in [-0.1, -0.05) is 0 Å². The minimum absolute atomic E-state index is 0.164. The number of hydrogen-bond acceptors (Lipinski definition) is 4. The van der Waals surface area contributed by atoms with E-state index in [4.69, 9.17) is 14.6 Å². The van der Waals surface area contributed by atoms with Crippen molar-refractivity contribution in [3.8, 4) is 11.5 Å². The molecular weight excluding hydrogens is 250 g/mol. The smallest absolute Gasteiger partial charge is 0.308 e. The molecule has 6 heteroatoms. The van der Waals surface area contributed by atoms with Gasteiger partial charge in [-0.25, -0.2) is 0 Å². The number of carboxylic acid groups (broad SMARTS) is 1. The molecule has 2 aliphatic rings. The van der Waals surface area contributed by atoms with Gasteiger partial charge in [0.15, 0.2) is 11.5 Å². The van der Waals surface area contributed by atoms with E-state index in [1.165, 1.54) is 0 Å². The normalized spacial score (nSPS) is 20.6. The highest BCUT2D eigenvalue weighted by molar-refractivity contribution is 5.95. The fraction of sp³-hybridized carbons (Fsp3) is 0.385. The molecule has 0 aliphatic carbocycles. The van der Waals surface area contributed by atoms with Crippen LogP contribution < -0.4 is 9.47 Å². The van der Waals surface area contributed by atoms with Gasteiger partial charge in [0.05, 0.1) is 5.92 Å². The Kier molecular flexibility index (Phi) is 2.77. The number of amides is 1. The molecule has 1 saturated heterocycles. The lowest BCUT2D eigenvalue weighted by molar-refractivity contribution is -0.141. The fourth-order valence-electron chi connectivity index (χ4n) is 2.36. The molecule has 0 unspecified atom stereocenters. The number of fused-ring (bicyclic) bond motifs is 1. The van der Waals surface area contributed by atoms with Crippen molar-refractivity contribution in [2.24, 2.45) is 5.92 Å². The summed E-state index contributed by atoms with van der Waals surface area (Å²) < 4.78 is 10.4. The van der Waals surface area contributed by atoms with Crippen molar-refractivity contribution in [1.29, 1.82) is 0 Å². The van der Waals surface area contributed by atoms with E-state index in [9.17, 15) is 9.59 Å². The Morgan fingerprint density at radius 3 is 2.79 bits per heavy atom. The van der Waals surface area contributed by atoms with Crippen molar-refractivity contribution in [2.45, 2.75) is 6.42 Å². The summed E-state index contributed by atoms with van der Waals surface area (Å²) in [5.74, 6) is -0.290. The zero-order valence-corrected chi connectivity index (χ0v) is 10.2.